The molecule has 5 nitrogen and oxygen atoms in total. The van der Waals surface area contributed by atoms with Crippen LogP contribution in [0.1, 0.15) is 19.8 Å². The molecule has 1 aromatic heterocycles. The summed E-state index contributed by atoms with van der Waals surface area (Å²) >= 11 is 0. The lowest BCUT2D eigenvalue weighted by Crippen LogP contribution is -2.39. The Labute approximate surface area is 108 Å². The van der Waals surface area contributed by atoms with Gasteiger partial charge in [-0.15, -0.1) is 0 Å². The van der Waals surface area contributed by atoms with Gasteiger partial charge in [-0.05, 0) is 30.9 Å². The number of piperidine rings is 1. The zero-order valence-corrected chi connectivity index (χ0v) is 11.6. The number of nitrogens with one attached hydrogen (secondary N) is 1. The van der Waals surface area contributed by atoms with Gasteiger partial charge in [-0.3, -0.25) is 0 Å². The minimum atomic E-state index is -3.43. The summed E-state index contributed by atoms with van der Waals surface area (Å²) in [6.07, 6.45) is 3.61. The van der Waals surface area contributed by atoms with Gasteiger partial charge in [0.1, 0.15) is 10.7 Å². The van der Waals surface area contributed by atoms with E-state index < -0.39 is 10.0 Å². The molecule has 1 saturated heterocycles. The van der Waals surface area contributed by atoms with Gasteiger partial charge in [0.05, 0.1) is 0 Å². The maximum Gasteiger partial charge on any atom is 0.246 e. The van der Waals surface area contributed by atoms with E-state index in [1.807, 2.05) is 0 Å². The fourth-order valence-corrected chi connectivity index (χ4v) is 4.04. The number of nitrogens with zero attached hydrogens (tertiary/aromatic N) is 2. The van der Waals surface area contributed by atoms with E-state index in [1.54, 1.807) is 29.7 Å². The molecule has 100 valence electrons. The third-order valence-electron chi connectivity index (χ3n) is 3.25. The Bertz CT molecular complexity index is 516. The Morgan fingerprint density at radius 3 is 2.94 bits per heavy atom. The summed E-state index contributed by atoms with van der Waals surface area (Å²) in [5, 5.41) is 2.84. The Kier molecular flexibility index (Phi) is 3.87. The third kappa shape index (κ3) is 2.49. The van der Waals surface area contributed by atoms with Crippen LogP contribution in [0.25, 0.3) is 0 Å². The first-order valence-electron chi connectivity index (χ1n) is 6.18. The monoisotopic (exact) mass is 269 g/mol. The molecule has 2 rings (SSSR count). The number of hydrogen-bond donors (Lipinski definition) is 1. The molecule has 1 aromatic rings. The van der Waals surface area contributed by atoms with Gasteiger partial charge < -0.3 is 5.32 Å². The summed E-state index contributed by atoms with van der Waals surface area (Å²) in [5.41, 5.74) is 0. The molecular formula is C12H19N3O2S. The normalized spacial score (nSPS) is 21.8. The molecule has 6 heteroatoms. The lowest BCUT2D eigenvalue weighted by molar-refractivity contribution is 0.281. The number of aromatic nitrogens is 1. The van der Waals surface area contributed by atoms with Crippen molar-refractivity contribution in [3.8, 4) is 0 Å². The first kappa shape index (κ1) is 13.3. The zero-order chi connectivity index (χ0) is 13.2. The molecule has 1 aliphatic heterocycles. The molecule has 1 N–H and O–H groups in total. The van der Waals surface area contributed by atoms with Gasteiger partial charge in [-0.1, -0.05) is 6.92 Å². The van der Waals surface area contributed by atoms with E-state index in [0.717, 1.165) is 12.8 Å². The lowest BCUT2D eigenvalue weighted by atomic mass is 10.0. The second-order valence-corrected chi connectivity index (χ2v) is 6.62. The highest BCUT2D eigenvalue weighted by Gasteiger charge is 2.30. The fourth-order valence-electron chi connectivity index (χ4n) is 2.29. The van der Waals surface area contributed by atoms with E-state index >= 15 is 0 Å². The molecular weight excluding hydrogens is 250 g/mol. The van der Waals surface area contributed by atoms with Crippen LogP contribution in [0.3, 0.4) is 0 Å². The molecule has 0 bridgehead atoms. The van der Waals surface area contributed by atoms with Gasteiger partial charge in [0.25, 0.3) is 0 Å². The summed E-state index contributed by atoms with van der Waals surface area (Å²) in [5.74, 6) is 0.832. The van der Waals surface area contributed by atoms with Crippen molar-refractivity contribution in [1.82, 2.24) is 9.29 Å². The summed E-state index contributed by atoms with van der Waals surface area (Å²) < 4.78 is 26.7. The molecule has 0 spiro atoms. The molecule has 0 aromatic carbocycles. The highest BCUT2D eigenvalue weighted by Crippen LogP contribution is 2.26. The SMILES string of the molecule is CNc1ncccc1S(=O)(=O)N1CCCC(C)C1. The second-order valence-electron chi connectivity index (χ2n) is 4.71. The van der Waals surface area contributed by atoms with E-state index in [0.29, 0.717) is 24.8 Å². The van der Waals surface area contributed by atoms with E-state index in [2.05, 4.69) is 17.2 Å². The van der Waals surface area contributed by atoms with Crippen molar-refractivity contribution >= 4 is 15.8 Å². The van der Waals surface area contributed by atoms with Crippen LogP contribution in [-0.2, 0) is 10.0 Å². The van der Waals surface area contributed by atoms with Gasteiger partial charge in [-0.25, -0.2) is 13.4 Å². The highest BCUT2D eigenvalue weighted by molar-refractivity contribution is 7.89. The molecule has 0 amide bonds. The summed E-state index contributed by atoms with van der Waals surface area (Å²) in [4.78, 5) is 4.33. The molecule has 0 aliphatic carbocycles. The average molecular weight is 269 g/mol. The van der Waals surface area contributed by atoms with Crippen molar-refractivity contribution in [1.29, 1.82) is 0 Å². The maximum atomic E-state index is 12.6. The molecule has 1 atom stereocenters. The summed E-state index contributed by atoms with van der Waals surface area (Å²) in [7, 11) is -1.75. The minimum absolute atomic E-state index is 0.265. The third-order valence-corrected chi connectivity index (χ3v) is 5.14. The van der Waals surface area contributed by atoms with E-state index in [1.165, 1.54) is 0 Å². The van der Waals surface area contributed by atoms with Crippen LogP contribution in [0.5, 0.6) is 0 Å². The standard InChI is InChI=1S/C12H19N3O2S/c1-10-5-4-8-15(9-10)18(16,17)11-6-3-7-14-12(11)13-2/h3,6-7,10H,4-5,8-9H2,1-2H3,(H,13,14). The van der Waals surface area contributed by atoms with Crippen molar-refractivity contribution < 1.29 is 8.42 Å². The lowest BCUT2D eigenvalue weighted by Gasteiger charge is -2.30. The van der Waals surface area contributed by atoms with E-state index in [9.17, 15) is 8.42 Å². The number of sulfonamides is 1. The maximum absolute atomic E-state index is 12.6. The predicted octanol–water partition coefficient (Wildman–Crippen LogP) is 1.54. The Balaban J connectivity index is 2.35. The minimum Gasteiger partial charge on any atom is -0.372 e. The van der Waals surface area contributed by atoms with Gasteiger partial charge in [0, 0.05) is 26.3 Å². The first-order valence-corrected chi connectivity index (χ1v) is 7.62. The summed E-state index contributed by atoms with van der Waals surface area (Å²) in [6.45, 7) is 3.29. The van der Waals surface area contributed by atoms with E-state index in [-0.39, 0.29) is 4.90 Å². The largest absolute Gasteiger partial charge is 0.372 e. The Morgan fingerprint density at radius 2 is 2.28 bits per heavy atom. The zero-order valence-electron chi connectivity index (χ0n) is 10.8. The number of anilines is 1. The van der Waals surface area contributed by atoms with Crippen LogP contribution in [0.2, 0.25) is 0 Å². The van der Waals surface area contributed by atoms with Crippen LogP contribution in [0.4, 0.5) is 5.82 Å². The Morgan fingerprint density at radius 1 is 1.50 bits per heavy atom. The van der Waals surface area contributed by atoms with E-state index in [4.69, 9.17) is 0 Å². The molecule has 0 radical (unpaired) electrons. The van der Waals surface area contributed by atoms with Gasteiger partial charge in [-0.2, -0.15) is 4.31 Å². The second kappa shape index (κ2) is 5.24. The first-order chi connectivity index (χ1) is 8.55. The van der Waals surface area contributed by atoms with Crippen molar-refractivity contribution in [2.45, 2.75) is 24.7 Å². The summed E-state index contributed by atoms with van der Waals surface area (Å²) in [6, 6.07) is 3.26. The van der Waals surface area contributed by atoms with Crippen LogP contribution < -0.4 is 5.32 Å². The van der Waals surface area contributed by atoms with Crippen molar-refractivity contribution in [3.63, 3.8) is 0 Å². The van der Waals surface area contributed by atoms with Gasteiger partial charge in [0.15, 0.2) is 0 Å². The van der Waals surface area contributed by atoms with Crippen LogP contribution in [-0.4, -0.2) is 37.8 Å². The number of pyridine rings is 1. The number of hydrogen-bond acceptors (Lipinski definition) is 4. The predicted molar refractivity (Wildman–Crippen MR) is 70.9 cm³/mol. The van der Waals surface area contributed by atoms with Crippen LogP contribution >= 0.6 is 0 Å². The van der Waals surface area contributed by atoms with Gasteiger partial charge >= 0.3 is 0 Å². The molecule has 1 aliphatic rings. The highest BCUT2D eigenvalue weighted by atomic mass is 32.2. The van der Waals surface area contributed by atoms with Crippen molar-refractivity contribution in [2.24, 2.45) is 5.92 Å². The smallest absolute Gasteiger partial charge is 0.246 e. The van der Waals surface area contributed by atoms with Crippen molar-refractivity contribution in [2.75, 3.05) is 25.5 Å². The van der Waals surface area contributed by atoms with Gasteiger partial charge in [0.2, 0.25) is 10.0 Å². The van der Waals surface area contributed by atoms with Crippen LogP contribution in [0.15, 0.2) is 23.2 Å². The van der Waals surface area contributed by atoms with Crippen molar-refractivity contribution in [3.05, 3.63) is 18.3 Å². The quantitative estimate of drug-likeness (QED) is 0.904. The average Bonchev–Trinajstić information content (AvgIpc) is 2.38. The van der Waals surface area contributed by atoms with Crippen LogP contribution in [0, 0.1) is 5.92 Å². The number of rotatable bonds is 3. The topological polar surface area (TPSA) is 62.3 Å². The molecule has 1 unspecified atom stereocenters. The molecule has 2 heterocycles. The molecule has 0 saturated carbocycles. The molecule has 18 heavy (non-hydrogen) atoms. The Hall–Kier alpha value is -1.14. The fraction of sp³-hybridized carbons (Fsp3) is 0.583. The molecule has 1 fully saturated rings.